The van der Waals surface area contributed by atoms with E-state index in [1.807, 2.05) is 0 Å². The topological polar surface area (TPSA) is 53.7 Å². The summed E-state index contributed by atoms with van der Waals surface area (Å²) in [7, 11) is 0.816. The molecule has 0 aliphatic heterocycles. The van der Waals surface area contributed by atoms with Crippen molar-refractivity contribution >= 4 is 8.80 Å². The summed E-state index contributed by atoms with van der Waals surface area (Å²) in [6.07, 6.45) is 6.97. The molecule has 0 aromatic rings. The fourth-order valence-electron chi connectivity index (χ4n) is 2.52. The molecule has 0 spiro atoms. The summed E-state index contributed by atoms with van der Waals surface area (Å²) in [6, 6.07) is 0.834. The Labute approximate surface area is 106 Å². The average Bonchev–Trinajstić information content (AvgIpc) is 2.39. The van der Waals surface area contributed by atoms with Crippen molar-refractivity contribution in [1.82, 2.24) is 0 Å². The van der Waals surface area contributed by atoms with Gasteiger partial charge < -0.3 is 19.0 Å². The second-order valence-corrected chi connectivity index (χ2v) is 7.74. The predicted molar refractivity (Wildman–Crippen MR) is 70.5 cm³/mol. The van der Waals surface area contributed by atoms with Gasteiger partial charge in [0.25, 0.3) is 0 Å². The van der Waals surface area contributed by atoms with E-state index in [1.54, 1.807) is 14.2 Å². The van der Waals surface area contributed by atoms with Crippen LogP contribution in [-0.4, -0.2) is 29.3 Å². The Kier molecular flexibility index (Phi) is 6.65. The Balaban J connectivity index is 2.52. The third-order valence-corrected chi connectivity index (χ3v) is 6.60. The van der Waals surface area contributed by atoms with Gasteiger partial charge in [-0.3, -0.25) is 0 Å². The van der Waals surface area contributed by atoms with Crippen molar-refractivity contribution < 1.29 is 13.3 Å². The van der Waals surface area contributed by atoms with Gasteiger partial charge in [-0.15, -0.1) is 0 Å². The average molecular weight is 261 g/mol. The molecule has 102 valence electrons. The lowest BCUT2D eigenvalue weighted by Gasteiger charge is -2.34. The molecule has 1 unspecified atom stereocenters. The molecule has 1 atom stereocenters. The van der Waals surface area contributed by atoms with Crippen LogP contribution in [0.15, 0.2) is 0 Å². The first-order valence-electron chi connectivity index (χ1n) is 6.71. The van der Waals surface area contributed by atoms with Gasteiger partial charge in [-0.2, -0.15) is 0 Å². The smallest absolute Gasteiger partial charge is 0.377 e. The Morgan fingerprint density at radius 1 is 1.18 bits per heavy atom. The summed E-state index contributed by atoms with van der Waals surface area (Å²) >= 11 is 0. The minimum atomic E-state index is -2.52. The van der Waals surface area contributed by atoms with Crippen LogP contribution in [0.2, 0.25) is 6.04 Å². The molecular formula is C12H27NO3Si. The number of rotatable bonds is 7. The molecule has 0 saturated heterocycles. The molecule has 0 aromatic heterocycles. The van der Waals surface area contributed by atoms with Crippen LogP contribution in [0.5, 0.6) is 0 Å². The molecule has 0 heterocycles. The molecule has 1 aliphatic carbocycles. The first kappa shape index (κ1) is 15.1. The highest BCUT2D eigenvalue weighted by atomic mass is 28.4. The molecule has 0 aromatic carbocycles. The maximum absolute atomic E-state index is 6.17. The Morgan fingerprint density at radius 2 is 1.76 bits per heavy atom. The van der Waals surface area contributed by atoms with Gasteiger partial charge in [-0.25, -0.2) is 0 Å². The van der Waals surface area contributed by atoms with E-state index in [2.05, 4.69) is 6.92 Å². The summed E-state index contributed by atoms with van der Waals surface area (Å²) < 4.78 is 17.0. The zero-order chi connectivity index (χ0) is 12.7. The van der Waals surface area contributed by atoms with Crippen LogP contribution in [-0.2, 0) is 13.3 Å². The van der Waals surface area contributed by atoms with Gasteiger partial charge in [0.2, 0.25) is 0 Å². The monoisotopic (exact) mass is 261 g/mol. The first-order valence-corrected chi connectivity index (χ1v) is 8.64. The largest absolute Gasteiger partial charge is 0.501 e. The summed E-state index contributed by atoms with van der Waals surface area (Å²) in [6.45, 7) is 2.11. The lowest BCUT2D eigenvalue weighted by atomic mass is 9.88. The van der Waals surface area contributed by atoms with Gasteiger partial charge in [0.15, 0.2) is 0 Å². The molecule has 17 heavy (non-hydrogen) atoms. The summed E-state index contributed by atoms with van der Waals surface area (Å²) in [5.41, 5.74) is 6.17. The molecule has 1 fully saturated rings. The molecular weight excluding hydrogens is 234 g/mol. The number of hydrogen-bond acceptors (Lipinski definition) is 4. The highest BCUT2D eigenvalue weighted by Crippen LogP contribution is 2.28. The van der Waals surface area contributed by atoms with Crippen molar-refractivity contribution in [2.24, 2.45) is 11.7 Å². The molecule has 4 nitrogen and oxygen atoms in total. The van der Waals surface area contributed by atoms with Crippen LogP contribution in [0.1, 0.15) is 45.4 Å². The van der Waals surface area contributed by atoms with E-state index in [-0.39, 0.29) is 6.23 Å². The van der Waals surface area contributed by atoms with E-state index in [0.717, 1.165) is 12.5 Å². The molecule has 0 bridgehead atoms. The van der Waals surface area contributed by atoms with Gasteiger partial charge >= 0.3 is 8.80 Å². The van der Waals surface area contributed by atoms with Gasteiger partial charge in [-0.1, -0.05) is 32.6 Å². The van der Waals surface area contributed by atoms with Crippen molar-refractivity contribution in [3.8, 4) is 0 Å². The second kappa shape index (κ2) is 7.48. The lowest BCUT2D eigenvalue weighted by Crippen LogP contribution is -2.51. The third kappa shape index (κ3) is 4.33. The van der Waals surface area contributed by atoms with Crippen molar-refractivity contribution in [3.63, 3.8) is 0 Å². The Morgan fingerprint density at radius 3 is 2.24 bits per heavy atom. The number of nitrogens with two attached hydrogens (primary N) is 1. The highest BCUT2D eigenvalue weighted by molar-refractivity contribution is 6.60. The van der Waals surface area contributed by atoms with E-state index >= 15 is 0 Å². The second-order valence-electron chi connectivity index (χ2n) is 4.82. The van der Waals surface area contributed by atoms with Crippen LogP contribution in [0.3, 0.4) is 0 Å². The molecule has 1 saturated carbocycles. The Bertz CT molecular complexity index is 206. The quantitative estimate of drug-likeness (QED) is 0.565. The minimum Gasteiger partial charge on any atom is -0.377 e. The lowest BCUT2D eigenvalue weighted by molar-refractivity contribution is 0.0200. The molecule has 1 rings (SSSR count). The molecule has 2 N–H and O–H groups in total. The third-order valence-electron chi connectivity index (χ3n) is 3.61. The van der Waals surface area contributed by atoms with Crippen molar-refractivity contribution in [2.75, 3.05) is 14.2 Å². The maximum atomic E-state index is 6.17. The summed E-state index contributed by atoms with van der Waals surface area (Å²) in [5.74, 6) is 0.470. The van der Waals surface area contributed by atoms with E-state index in [4.69, 9.17) is 19.0 Å². The van der Waals surface area contributed by atoms with Crippen LogP contribution < -0.4 is 5.73 Å². The fourth-order valence-corrected chi connectivity index (χ4v) is 4.62. The fraction of sp³-hybridized carbons (Fsp3) is 1.00. The Hall–Kier alpha value is 0.0569. The van der Waals surface area contributed by atoms with E-state index in [0.29, 0.717) is 5.92 Å². The molecule has 0 amide bonds. The SMILES string of the molecule is CCC[Si](OC)(OC)OC(N)C1CCCCC1. The highest BCUT2D eigenvalue weighted by Gasteiger charge is 2.41. The minimum absolute atomic E-state index is 0.228. The van der Waals surface area contributed by atoms with Crippen molar-refractivity contribution in [2.45, 2.75) is 57.7 Å². The number of hydrogen-bond donors (Lipinski definition) is 1. The van der Waals surface area contributed by atoms with Gasteiger partial charge in [-0.05, 0) is 18.8 Å². The molecule has 0 radical (unpaired) electrons. The van der Waals surface area contributed by atoms with Crippen LogP contribution in [0.4, 0.5) is 0 Å². The van der Waals surface area contributed by atoms with Gasteiger partial charge in [0.05, 0.1) is 0 Å². The van der Waals surface area contributed by atoms with Crippen molar-refractivity contribution in [3.05, 3.63) is 0 Å². The normalized spacial score (nSPS) is 20.5. The van der Waals surface area contributed by atoms with Crippen LogP contribution in [0.25, 0.3) is 0 Å². The summed E-state index contributed by atoms with van der Waals surface area (Å²) in [4.78, 5) is 0. The van der Waals surface area contributed by atoms with E-state index in [1.165, 1.54) is 32.1 Å². The zero-order valence-corrected chi connectivity index (χ0v) is 12.4. The molecule has 1 aliphatic rings. The van der Waals surface area contributed by atoms with Gasteiger partial charge in [0.1, 0.15) is 6.23 Å². The maximum Gasteiger partial charge on any atom is 0.501 e. The van der Waals surface area contributed by atoms with E-state index in [9.17, 15) is 0 Å². The van der Waals surface area contributed by atoms with Crippen molar-refractivity contribution in [1.29, 1.82) is 0 Å². The van der Waals surface area contributed by atoms with Crippen LogP contribution >= 0.6 is 0 Å². The standard InChI is InChI=1S/C12H27NO3Si/c1-4-10-17(14-2,15-3)16-12(13)11-8-6-5-7-9-11/h11-12H,4-10,13H2,1-3H3. The summed E-state index contributed by atoms with van der Waals surface area (Å²) in [5, 5.41) is 0. The van der Waals surface area contributed by atoms with E-state index < -0.39 is 8.80 Å². The van der Waals surface area contributed by atoms with Gasteiger partial charge in [0, 0.05) is 20.3 Å². The van der Waals surface area contributed by atoms with Crippen LogP contribution in [0, 0.1) is 5.92 Å². The molecule has 5 heteroatoms. The predicted octanol–water partition coefficient (Wildman–Crippen LogP) is 2.51. The zero-order valence-electron chi connectivity index (χ0n) is 11.4. The first-order chi connectivity index (χ1) is 8.17.